The van der Waals surface area contributed by atoms with Crippen LogP contribution in [-0.2, 0) is 9.59 Å². The van der Waals surface area contributed by atoms with Crippen LogP contribution in [0.3, 0.4) is 0 Å². The fourth-order valence-electron chi connectivity index (χ4n) is 0. The molecule has 0 radical (unpaired) electrons. The Morgan fingerprint density at radius 1 is 0.688 bits per heavy atom. The minimum atomic E-state index is -0.833. The van der Waals surface area contributed by atoms with Crippen LogP contribution in [0.1, 0.15) is 13.8 Å². The summed E-state index contributed by atoms with van der Waals surface area (Å²) >= 11 is 0. The molecule has 6 heteroatoms. The zero-order valence-corrected chi connectivity index (χ0v) is 10.4. The van der Waals surface area contributed by atoms with Gasteiger partial charge in [-0.1, -0.05) is 0 Å². The molecule has 0 aliphatic heterocycles. The van der Waals surface area contributed by atoms with Gasteiger partial charge in [0.2, 0.25) is 0 Å². The molecule has 0 aromatic carbocycles. The van der Waals surface area contributed by atoms with Gasteiger partial charge >= 0.3 is 0 Å². The number of rotatable bonds is 0. The Kier molecular flexibility index (Phi) is 344. The van der Waals surface area contributed by atoms with Crippen LogP contribution in [0, 0.1) is 0 Å². The molecular weight excluding hydrogens is 212 g/mol. The molecule has 0 aliphatic carbocycles. The molecule has 8 N–H and O–H groups in total. The molecule has 0 aliphatic rings. The lowest BCUT2D eigenvalue weighted by Gasteiger charge is -1.59. The second kappa shape index (κ2) is 115. The standard InChI is InChI=1S/2C2H4O2.3C2H4.2H3N/c2*1-2(3)4;3*1-2;;/h2*1H3,(H,3,4);3*1-2H2;2*1H3. The smallest absolute Gasteiger partial charge is 0.300 e. The largest absolute Gasteiger partial charge is 0.481 e. The van der Waals surface area contributed by atoms with Gasteiger partial charge in [0.05, 0.1) is 0 Å². The summed E-state index contributed by atoms with van der Waals surface area (Å²) in [7, 11) is 0. The molecule has 0 saturated carbocycles. The van der Waals surface area contributed by atoms with Gasteiger partial charge in [-0.3, -0.25) is 9.59 Å². The van der Waals surface area contributed by atoms with E-state index in [1.807, 2.05) is 0 Å². The summed E-state index contributed by atoms with van der Waals surface area (Å²) in [5.41, 5.74) is 0. The zero-order chi connectivity index (χ0) is 13.2. The molecule has 0 rings (SSSR count). The SMILES string of the molecule is C=C.C=C.C=C.CC(=O)O.CC(=O)O.N.N. The maximum Gasteiger partial charge on any atom is 0.300 e. The van der Waals surface area contributed by atoms with Gasteiger partial charge in [-0.05, 0) is 0 Å². The van der Waals surface area contributed by atoms with Crippen molar-refractivity contribution in [3.05, 3.63) is 39.5 Å². The number of carboxylic acid groups (broad SMARTS) is 2. The van der Waals surface area contributed by atoms with Gasteiger partial charge in [0.1, 0.15) is 0 Å². The minimum Gasteiger partial charge on any atom is -0.481 e. The molecule has 100 valence electrons. The Labute approximate surface area is 98.2 Å². The molecule has 0 amide bonds. The highest BCUT2D eigenvalue weighted by atomic mass is 16.4. The van der Waals surface area contributed by atoms with Crippen molar-refractivity contribution in [1.82, 2.24) is 12.3 Å². The Bertz CT molecular complexity index is 105. The molecular formula is C10H26N2O4. The Balaban J connectivity index is -0.0000000129. The topological polar surface area (TPSA) is 145 Å². The van der Waals surface area contributed by atoms with Crippen molar-refractivity contribution in [3.8, 4) is 0 Å². The number of carboxylic acids is 2. The summed E-state index contributed by atoms with van der Waals surface area (Å²) in [5.74, 6) is -1.67. The lowest BCUT2D eigenvalue weighted by Crippen LogP contribution is -1.78. The van der Waals surface area contributed by atoms with Crippen LogP contribution in [0.5, 0.6) is 0 Å². The minimum absolute atomic E-state index is 0. The summed E-state index contributed by atoms with van der Waals surface area (Å²) in [6.07, 6.45) is 0. The van der Waals surface area contributed by atoms with E-state index in [-0.39, 0.29) is 12.3 Å². The van der Waals surface area contributed by atoms with Crippen LogP contribution in [-0.4, -0.2) is 22.2 Å². The molecule has 0 atom stereocenters. The van der Waals surface area contributed by atoms with Gasteiger partial charge in [0, 0.05) is 13.8 Å². The van der Waals surface area contributed by atoms with Crippen molar-refractivity contribution in [2.45, 2.75) is 13.8 Å². The van der Waals surface area contributed by atoms with E-state index in [2.05, 4.69) is 39.5 Å². The first-order valence-electron chi connectivity index (χ1n) is 3.36. The van der Waals surface area contributed by atoms with Crippen molar-refractivity contribution in [2.24, 2.45) is 0 Å². The van der Waals surface area contributed by atoms with Crippen LogP contribution < -0.4 is 12.3 Å². The third-order valence-electron chi connectivity index (χ3n) is 0. The molecule has 0 heterocycles. The van der Waals surface area contributed by atoms with Gasteiger partial charge in [0.25, 0.3) is 11.9 Å². The fourth-order valence-corrected chi connectivity index (χ4v) is 0. The van der Waals surface area contributed by atoms with Crippen molar-refractivity contribution in [2.75, 3.05) is 0 Å². The quantitative estimate of drug-likeness (QED) is 0.477. The maximum atomic E-state index is 9.00. The molecule has 0 unspecified atom stereocenters. The highest BCUT2D eigenvalue weighted by Gasteiger charge is 1.65. The molecule has 0 spiro atoms. The summed E-state index contributed by atoms with van der Waals surface area (Å²) in [6, 6.07) is 0. The molecule has 0 bridgehead atoms. The van der Waals surface area contributed by atoms with Gasteiger partial charge in [0.15, 0.2) is 0 Å². The van der Waals surface area contributed by atoms with E-state index in [1.165, 1.54) is 0 Å². The van der Waals surface area contributed by atoms with Crippen LogP contribution in [0.15, 0.2) is 39.5 Å². The number of carbonyl (C=O) groups is 2. The second-order valence-corrected chi connectivity index (χ2v) is 1.04. The lowest BCUT2D eigenvalue weighted by molar-refractivity contribution is -0.135. The third kappa shape index (κ3) is 402. The first-order valence-corrected chi connectivity index (χ1v) is 3.36. The number of hydrogen-bond donors (Lipinski definition) is 4. The van der Waals surface area contributed by atoms with E-state index < -0.39 is 11.9 Å². The first-order chi connectivity index (χ1) is 6.46. The summed E-state index contributed by atoms with van der Waals surface area (Å²) in [5, 5.41) is 14.8. The van der Waals surface area contributed by atoms with Crippen molar-refractivity contribution in [3.63, 3.8) is 0 Å². The summed E-state index contributed by atoms with van der Waals surface area (Å²) < 4.78 is 0. The second-order valence-electron chi connectivity index (χ2n) is 1.04. The Morgan fingerprint density at radius 2 is 0.688 bits per heavy atom. The van der Waals surface area contributed by atoms with E-state index in [9.17, 15) is 0 Å². The predicted molar refractivity (Wildman–Crippen MR) is 70.4 cm³/mol. The molecule has 6 nitrogen and oxygen atoms in total. The first kappa shape index (κ1) is 48.1. The molecule has 0 saturated heterocycles. The molecule has 0 aromatic rings. The van der Waals surface area contributed by atoms with E-state index in [4.69, 9.17) is 19.8 Å². The van der Waals surface area contributed by atoms with Crippen LogP contribution in [0.2, 0.25) is 0 Å². The highest BCUT2D eigenvalue weighted by molar-refractivity contribution is 5.63. The number of aliphatic carboxylic acids is 2. The van der Waals surface area contributed by atoms with E-state index >= 15 is 0 Å². The van der Waals surface area contributed by atoms with Crippen molar-refractivity contribution < 1.29 is 19.8 Å². The zero-order valence-electron chi connectivity index (χ0n) is 10.4. The fraction of sp³-hybridized carbons (Fsp3) is 0.200. The predicted octanol–water partition coefficient (Wildman–Crippen LogP) is 2.91. The maximum absolute atomic E-state index is 9.00. The average Bonchev–Trinajstić information content (AvgIpc) is 2.12. The highest BCUT2D eigenvalue weighted by Crippen LogP contribution is 1.42. The lowest BCUT2D eigenvalue weighted by atomic mass is 10.9. The van der Waals surface area contributed by atoms with E-state index in [1.54, 1.807) is 0 Å². The molecule has 0 aromatic heterocycles. The third-order valence-corrected chi connectivity index (χ3v) is 0. The molecule has 16 heavy (non-hydrogen) atoms. The van der Waals surface area contributed by atoms with Gasteiger partial charge in [-0.25, -0.2) is 0 Å². The van der Waals surface area contributed by atoms with Crippen LogP contribution >= 0.6 is 0 Å². The van der Waals surface area contributed by atoms with Crippen LogP contribution in [0.4, 0.5) is 0 Å². The Morgan fingerprint density at radius 3 is 0.688 bits per heavy atom. The normalized spacial score (nSPS) is 3.88. The summed E-state index contributed by atoms with van der Waals surface area (Å²) in [6.45, 7) is 20.2. The summed E-state index contributed by atoms with van der Waals surface area (Å²) in [4.78, 5) is 18.0. The van der Waals surface area contributed by atoms with E-state index in [0.29, 0.717) is 0 Å². The van der Waals surface area contributed by atoms with Crippen LogP contribution in [0.25, 0.3) is 0 Å². The number of hydrogen-bond acceptors (Lipinski definition) is 4. The van der Waals surface area contributed by atoms with E-state index in [0.717, 1.165) is 13.8 Å². The van der Waals surface area contributed by atoms with Crippen molar-refractivity contribution in [1.29, 1.82) is 0 Å². The average molecular weight is 238 g/mol. The van der Waals surface area contributed by atoms with Crippen molar-refractivity contribution >= 4 is 11.9 Å². The molecule has 0 fully saturated rings. The van der Waals surface area contributed by atoms with Gasteiger partial charge in [-0.2, -0.15) is 0 Å². The monoisotopic (exact) mass is 238 g/mol. The van der Waals surface area contributed by atoms with Gasteiger partial charge < -0.3 is 22.5 Å². The van der Waals surface area contributed by atoms with Gasteiger partial charge in [-0.15, -0.1) is 39.5 Å². The Hall–Kier alpha value is -1.92.